The first-order chi connectivity index (χ1) is 9.91. The molecule has 0 spiro atoms. The fourth-order valence-corrected chi connectivity index (χ4v) is 5.02. The molecule has 0 bridgehead atoms. The maximum absolute atomic E-state index is 12.6. The maximum Gasteiger partial charge on any atom is 0.183 e. The van der Waals surface area contributed by atoms with Crippen LogP contribution in [0.5, 0.6) is 0 Å². The van der Waals surface area contributed by atoms with E-state index in [2.05, 4.69) is 15.9 Å². The molecule has 1 saturated carbocycles. The maximum atomic E-state index is 12.6. The van der Waals surface area contributed by atoms with E-state index in [1.165, 1.54) is 12.1 Å². The lowest BCUT2D eigenvalue weighted by Gasteiger charge is -2.04. The molecule has 2 N–H and O–H groups in total. The van der Waals surface area contributed by atoms with Gasteiger partial charge in [-0.25, -0.2) is 8.42 Å². The molecular formula is C15H13BrClNO2S. The van der Waals surface area contributed by atoms with Crippen LogP contribution in [-0.2, 0) is 9.84 Å². The van der Waals surface area contributed by atoms with Gasteiger partial charge in [0.05, 0.1) is 10.1 Å². The lowest BCUT2D eigenvalue weighted by atomic mass is 10.1. The summed E-state index contributed by atoms with van der Waals surface area (Å²) in [4.78, 5) is 0.270. The Morgan fingerprint density at radius 1 is 1.00 bits per heavy atom. The minimum atomic E-state index is -3.43. The Morgan fingerprint density at radius 3 is 2.14 bits per heavy atom. The van der Waals surface area contributed by atoms with Crippen LogP contribution in [0.15, 0.2) is 57.9 Å². The Balaban J connectivity index is 1.91. The molecule has 110 valence electrons. The number of halogens is 2. The number of hydrogen-bond acceptors (Lipinski definition) is 3. The van der Waals surface area contributed by atoms with Crippen molar-refractivity contribution < 1.29 is 8.42 Å². The minimum Gasteiger partial charge on any atom is -0.326 e. The molecule has 3 rings (SSSR count). The van der Waals surface area contributed by atoms with Gasteiger partial charge in [-0.3, -0.25) is 0 Å². The van der Waals surface area contributed by atoms with E-state index in [1.54, 1.807) is 12.1 Å². The summed E-state index contributed by atoms with van der Waals surface area (Å²) >= 11 is 9.17. The molecule has 2 aromatic rings. The topological polar surface area (TPSA) is 60.2 Å². The zero-order valence-corrected chi connectivity index (χ0v) is 14.1. The molecule has 0 heterocycles. The molecule has 0 radical (unpaired) electrons. The molecule has 3 nitrogen and oxygen atoms in total. The second-order valence-corrected chi connectivity index (χ2v) is 8.58. The van der Waals surface area contributed by atoms with Gasteiger partial charge in [0.1, 0.15) is 0 Å². The van der Waals surface area contributed by atoms with Crippen molar-refractivity contribution in [2.24, 2.45) is 5.73 Å². The summed E-state index contributed by atoms with van der Waals surface area (Å²) in [6.07, 6.45) is 0. The smallest absolute Gasteiger partial charge is 0.183 e. The minimum absolute atomic E-state index is 0.154. The fraction of sp³-hybridized carbons (Fsp3) is 0.200. The number of rotatable bonds is 3. The predicted octanol–water partition coefficient (Wildman–Crippen LogP) is 3.37. The van der Waals surface area contributed by atoms with Crippen molar-refractivity contribution in [3.05, 3.63) is 63.6 Å². The van der Waals surface area contributed by atoms with Crippen LogP contribution in [0.25, 0.3) is 0 Å². The molecule has 1 aliphatic rings. The highest BCUT2D eigenvalue weighted by molar-refractivity contribution is 9.10. The van der Waals surface area contributed by atoms with Crippen LogP contribution < -0.4 is 5.73 Å². The van der Waals surface area contributed by atoms with Crippen molar-refractivity contribution in [3.8, 4) is 0 Å². The van der Waals surface area contributed by atoms with Crippen LogP contribution in [0.3, 0.4) is 0 Å². The van der Waals surface area contributed by atoms with Gasteiger partial charge in [-0.05, 0) is 42.0 Å². The second kappa shape index (κ2) is 5.39. The van der Waals surface area contributed by atoms with Crippen molar-refractivity contribution in [1.82, 2.24) is 0 Å². The Bertz CT molecular complexity index is 759. The van der Waals surface area contributed by atoms with Gasteiger partial charge in [-0.1, -0.05) is 39.7 Å². The molecule has 0 saturated heterocycles. The van der Waals surface area contributed by atoms with Gasteiger partial charge in [0.2, 0.25) is 0 Å². The second-order valence-electron chi connectivity index (χ2n) is 5.12. The van der Waals surface area contributed by atoms with E-state index in [0.29, 0.717) is 5.02 Å². The summed E-state index contributed by atoms with van der Waals surface area (Å²) in [5.74, 6) is -0.154. The standard InChI is InChI=1S/C15H13BrClNO2S/c16-10-3-1-9(2-4-10)13-14(18)15(13)21(19,20)12-7-5-11(17)6-8-12/h1-8,13-15H,18H2. The third-order valence-electron chi connectivity index (χ3n) is 3.76. The van der Waals surface area contributed by atoms with Crippen molar-refractivity contribution in [3.63, 3.8) is 0 Å². The molecule has 0 amide bonds. The largest absolute Gasteiger partial charge is 0.326 e. The van der Waals surface area contributed by atoms with Crippen LogP contribution in [0.4, 0.5) is 0 Å². The molecule has 0 aromatic heterocycles. The normalized spacial score (nSPS) is 24.8. The first kappa shape index (κ1) is 15.0. The molecule has 21 heavy (non-hydrogen) atoms. The SMILES string of the molecule is NC1C(c2ccc(Br)cc2)C1S(=O)(=O)c1ccc(Cl)cc1. The van der Waals surface area contributed by atoms with Crippen LogP contribution in [0, 0.1) is 0 Å². The van der Waals surface area contributed by atoms with Crippen molar-refractivity contribution >= 4 is 37.4 Å². The molecule has 6 heteroatoms. The Kier molecular flexibility index (Phi) is 3.86. The third kappa shape index (κ3) is 2.75. The number of benzene rings is 2. The van der Waals surface area contributed by atoms with Gasteiger partial charge >= 0.3 is 0 Å². The van der Waals surface area contributed by atoms with E-state index >= 15 is 0 Å². The summed E-state index contributed by atoms with van der Waals surface area (Å²) in [5, 5.41) is -0.0571. The average Bonchev–Trinajstić information content (AvgIpc) is 3.12. The highest BCUT2D eigenvalue weighted by Crippen LogP contribution is 2.47. The van der Waals surface area contributed by atoms with Gasteiger partial charge in [0, 0.05) is 21.5 Å². The quantitative estimate of drug-likeness (QED) is 0.880. The Labute approximate surface area is 137 Å². The van der Waals surface area contributed by atoms with E-state index in [4.69, 9.17) is 17.3 Å². The van der Waals surface area contributed by atoms with E-state index in [1.807, 2.05) is 24.3 Å². The summed E-state index contributed by atoms with van der Waals surface area (Å²) in [6, 6.07) is 13.5. The lowest BCUT2D eigenvalue weighted by Crippen LogP contribution is -2.15. The number of nitrogens with two attached hydrogens (primary N) is 1. The van der Waals surface area contributed by atoms with Gasteiger partial charge in [-0.15, -0.1) is 0 Å². The molecule has 1 aliphatic carbocycles. The molecule has 3 unspecified atom stereocenters. The number of hydrogen-bond donors (Lipinski definition) is 1. The van der Waals surface area contributed by atoms with Crippen molar-refractivity contribution in [1.29, 1.82) is 0 Å². The van der Waals surface area contributed by atoms with Crippen LogP contribution in [0.2, 0.25) is 5.02 Å². The molecule has 1 fully saturated rings. The summed E-state index contributed by atoms with van der Waals surface area (Å²) < 4.78 is 26.2. The zero-order chi connectivity index (χ0) is 15.2. The zero-order valence-electron chi connectivity index (χ0n) is 10.9. The monoisotopic (exact) mass is 385 g/mol. The first-order valence-electron chi connectivity index (χ1n) is 6.42. The Hall–Kier alpha value is -0.880. The highest BCUT2D eigenvalue weighted by atomic mass is 79.9. The van der Waals surface area contributed by atoms with Gasteiger partial charge in [0.25, 0.3) is 0 Å². The van der Waals surface area contributed by atoms with Gasteiger partial charge in [-0.2, -0.15) is 0 Å². The molecule has 0 aliphatic heterocycles. The fourth-order valence-electron chi connectivity index (χ4n) is 2.58. The predicted molar refractivity (Wildman–Crippen MR) is 87.3 cm³/mol. The summed E-state index contributed by atoms with van der Waals surface area (Å²) in [5.41, 5.74) is 6.97. The van der Waals surface area contributed by atoms with Crippen LogP contribution in [-0.4, -0.2) is 19.7 Å². The molecule has 2 aromatic carbocycles. The van der Waals surface area contributed by atoms with Crippen LogP contribution in [0.1, 0.15) is 11.5 Å². The average molecular weight is 387 g/mol. The lowest BCUT2D eigenvalue weighted by molar-refractivity contribution is 0.593. The number of sulfone groups is 1. The third-order valence-corrected chi connectivity index (χ3v) is 6.80. The summed E-state index contributed by atoms with van der Waals surface area (Å²) in [7, 11) is -3.43. The van der Waals surface area contributed by atoms with Crippen molar-refractivity contribution in [2.75, 3.05) is 0 Å². The van der Waals surface area contributed by atoms with E-state index in [0.717, 1.165) is 10.0 Å². The summed E-state index contributed by atoms with van der Waals surface area (Å²) in [6.45, 7) is 0. The van der Waals surface area contributed by atoms with Crippen LogP contribution >= 0.6 is 27.5 Å². The van der Waals surface area contributed by atoms with Crippen molar-refractivity contribution in [2.45, 2.75) is 22.1 Å². The highest BCUT2D eigenvalue weighted by Gasteiger charge is 2.57. The molecule has 3 atom stereocenters. The van der Waals surface area contributed by atoms with E-state index < -0.39 is 15.1 Å². The van der Waals surface area contributed by atoms with E-state index in [9.17, 15) is 8.42 Å². The van der Waals surface area contributed by atoms with Gasteiger partial charge in [0.15, 0.2) is 9.84 Å². The molecular weight excluding hydrogens is 374 g/mol. The Morgan fingerprint density at radius 2 is 1.57 bits per heavy atom. The first-order valence-corrected chi connectivity index (χ1v) is 9.13. The van der Waals surface area contributed by atoms with E-state index in [-0.39, 0.29) is 16.9 Å². The van der Waals surface area contributed by atoms with Gasteiger partial charge < -0.3 is 5.73 Å².